The largest absolute Gasteiger partial charge is 0.504 e. The molecule has 0 radical (unpaired) electrons. The van der Waals surface area contributed by atoms with Gasteiger partial charge < -0.3 is 14.9 Å². The lowest BCUT2D eigenvalue weighted by atomic mass is 9.45. The van der Waals surface area contributed by atoms with E-state index in [4.69, 9.17) is 4.74 Å². The fourth-order valence-electron chi connectivity index (χ4n) is 8.80. The van der Waals surface area contributed by atoms with Crippen LogP contribution in [0.5, 0.6) is 11.5 Å². The monoisotopic (exact) mass is 671 g/mol. The summed E-state index contributed by atoms with van der Waals surface area (Å²) in [4.78, 5) is 70.0. The number of carboxylic acid groups (broad SMARTS) is 1. The Morgan fingerprint density at radius 1 is 0.960 bits per heavy atom. The molecule has 50 heavy (non-hydrogen) atoms. The first kappa shape index (κ1) is 33.0. The summed E-state index contributed by atoms with van der Waals surface area (Å²) in [5, 5.41) is 19.4. The molecule has 254 valence electrons. The molecule has 0 spiro atoms. The lowest BCUT2D eigenvalue weighted by Crippen LogP contribution is -2.59. The van der Waals surface area contributed by atoms with Gasteiger partial charge in [0.1, 0.15) is 0 Å². The van der Waals surface area contributed by atoms with E-state index in [1.807, 2.05) is 66.8 Å². The first-order valence-corrected chi connectivity index (χ1v) is 16.9. The Morgan fingerprint density at radius 2 is 1.68 bits per heavy atom. The van der Waals surface area contributed by atoms with Crippen LogP contribution in [0.4, 0.5) is 0 Å². The lowest BCUT2D eigenvalue weighted by Gasteiger charge is -2.54. The van der Waals surface area contributed by atoms with Crippen LogP contribution in [0.1, 0.15) is 42.4 Å². The number of carboxylic acids is 1. The third kappa shape index (κ3) is 5.28. The number of carbonyl (C=O) groups is 5. The van der Waals surface area contributed by atoms with Crippen LogP contribution in [0.2, 0.25) is 0 Å². The molecule has 1 heterocycles. The first-order chi connectivity index (χ1) is 24.2. The molecule has 7 rings (SSSR count). The predicted molar refractivity (Wildman–Crippen MR) is 185 cm³/mol. The van der Waals surface area contributed by atoms with Gasteiger partial charge in [0.05, 0.1) is 24.4 Å². The number of amides is 2. The average molecular weight is 672 g/mol. The number of Topliss-reactive ketones (excluding diaryl/α,β-unsaturated/α-hetero) is 1. The highest BCUT2D eigenvalue weighted by Crippen LogP contribution is 2.61. The Kier molecular flexibility index (Phi) is 8.59. The van der Waals surface area contributed by atoms with E-state index in [-0.39, 0.29) is 67.1 Å². The number of fused-ring (bicyclic) bond motifs is 4. The Balaban J connectivity index is 1.40. The van der Waals surface area contributed by atoms with Gasteiger partial charge in [-0.1, -0.05) is 90.5 Å². The van der Waals surface area contributed by atoms with Crippen molar-refractivity contribution < 1.29 is 38.9 Å². The fourth-order valence-corrected chi connectivity index (χ4v) is 8.80. The molecule has 4 aliphatic rings. The number of benzene rings is 3. The number of rotatable bonds is 9. The Morgan fingerprint density at radius 3 is 2.38 bits per heavy atom. The molecule has 2 amide bonds. The number of imide groups is 1. The van der Waals surface area contributed by atoms with E-state index >= 15 is 0 Å². The summed E-state index contributed by atoms with van der Waals surface area (Å²) in [7, 11) is 1.46. The Hall–Kier alpha value is -5.57. The molecule has 9 nitrogen and oxygen atoms in total. The maximum atomic E-state index is 15.0. The summed E-state index contributed by atoms with van der Waals surface area (Å²) >= 11 is 0. The number of nitrogens with zero attached hydrogens (tertiary/aromatic N) is 1. The van der Waals surface area contributed by atoms with E-state index in [0.717, 1.165) is 5.57 Å². The van der Waals surface area contributed by atoms with E-state index < -0.39 is 41.0 Å². The standard InChI is InChI=1S/C41H37NO8/c1-50-34-21-24(15-19-33(34)43)14-18-31-27-16-17-28-37(40(49)42(39(28)48)20-8-13-36(45)46)30(27)22-32-38(47)29(25-9-4-2-5-10-25)23-35(44)41(31,32)26-11-6-3-7-12-26/h2-7,9-12,14-16,18-19,21,23,28,30-32,37,43H,8,13,17,20,22H2,1H3,(H,45,46). The van der Waals surface area contributed by atoms with E-state index in [9.17, 15) is 34.2 Å². The van der Waals surface area contributed by atoms with Gasteiger partial charge in [-0.3, -0.25) is 28.9 Å². The highest BCUT2D eigenvalue weighted by atomic mass is 16.5. The van der Waals surface area contributed by atoms with Gasteiger partial charge in [0.15, 0.2) is 23.1 Å². The molecule has 9 heteroatoms. The minimum absolute atomic E-state index is 0.0146. The molecule has 6 atom stereocenters. The highest BCUT2D eigenvalue weighted by molar-refractivity contribution is 6.31. The predicted octanol–water partition coefficient (Wildman–Crippen LogP) is 5.64. The highest BCUT2D eigenvalue weighted by Gasteiger charge is 2.65. The number of methoxy groups -OCH3 is 1. The summed E-state index contributed by atoms with van der Waals surface area (Å²) in [6.07, 6.45) is 7.69. The van der Waals surface area contributed by atoms with Gasteiger partial charge in [-0.05, 0) is 60.1 Å². The van der Waals surface area contributed by atoms with Crippen LogP contribution >= 0.6 is 0 Å². The molecule has 1 saturated heterocycles. The van der Waals surface area contributed by atoms with Gasteiger partial charge in [-0.15, -0.1) is 0 Å². The summed E-state index contributed by atoms with van der Waals surface area (Å²) < 4.78 is 5.34. The smallest absolute Gasteiger partial charge is 0.303 e. The van der Waals surface area contributed by atoms with Gasteiger partial charge in [-0.2, -0.15) is 0 Å². The third-order valence-electron chi connectivity index (χ3n) is 11.0. The molecule has 6 unspecified atom stereocenters. The SMILES string of the molecule is COc1cc(C=CC2C3=CCC4C(=O)N(CCCC(=O)O)C(=O)C4C3CC3C(=O)C(c4ccccc4)=CC(=O)C23c2ccccc2)ccc1O. The number of phenolic OH excluding ortho intramolecular Hbond substituents is 1. The van der Waals surface area contributed by atoms with Crippen LogP contribution in [0, 0.1) is 29.6 Å². The van der Waals surface area contributed by atoms with Crippen LogP contribution in [0.3, 0.4) is 0 Å². The molecule has 2 fully saturated rings. The third-order valence-corrected chi connectivity index (χ3v) is 11.0. The number of likely N-dealkylation sites (tertiary alicyclic amines) is 1. The number of phenols is 1. The van der Waals surface area contributed by atoms with E-state index in [1.54, 1.807) is 24.3 Å². The van der Waals surface area contributed by atoms with Gasteiger partial charge in [0.2, 0.25) is 11.8 Å². The van der Waals surface area contributed by atoms with Crippen LogP contribution in [-0.2, 0) is 29.4 Å². The van der Waals surface area contributed by atoms with Crippen molar-refractivity contribution in [1.29, 1.82) is 0 Å². The van der Waals surface area contributed by atoms with Gasteiger partial charge in [-0.25, -0.2) is 0 Å². The zero-order chi connectivity index (χ0) is 35.2. The van der Waals surface area contributed by atoms with Crippen molar-refractivity contribution in [1.82, 2.24) is 4.90 Å². The van der Waals surface area contributed by atoms with Crippen molar-refractivity contribution in [2.45, 2.75) is 31.1 Å². The molecule has 1 aliphatic heterocycles. The van der Waals surface area contributed by atoms with Crippen molar-refractivity contribution in [3.63, 3.8) is 0 Å². The van der Waals surface area contributed by atoms with Crippen molar-refractivity contribution in [2.75, 3.05) is 13.7 Å². The maximum Gasteiger partial charge on any atom is 0.303 e. The summed E-state index contributed by atoms with van der Waals surface area (Å²) in [6.45, 7) is 0.0146. The number of ketones is 2. The number of carbonyl (C=O) groups excluding carboxylic acids is 4. The molecule has 3 aromatic rings. The van der Waals surface area contributed by atoms with Crippen molar-refractivity contribution in [2.24, 2.45) is 29.6 Å². The van der Waals surface area contributed by atoms with Crippen LogP contribution in [0.25, 0.3) is 11.6 Å². The average Bonchev–Trinajstić information content (AvgIpc) is 3.37. The number of hydrogen-bond donors (Lipinski definition) is 2. The minimum Gasteiger partial charge on any atom is -0.504 e. The van der Waals surface area contributed by atoms with Gasteiger partial charge >= 0.3 is 5.97 Å². The molecular weight excluding hydrogens is 634 g/mol. The molecule has 0 aromatic heterocycles. The molecule has 3 aromatic carbocycles. The first-order valence-electron chi connectivity index (χ1n) is 16.9. The summed E-state index contributed by atoms with van der Waals surface area (Å²) in [5.41, 5.74) is 1.84. The number of hydrogen-bond acceptors (Lipinski definition) is 7. The van der Waals surface area contributed by atoms with Crippen LogP contribution < -0.4 is 4.74 Å². The number of aliphatic carboxylic acids is 1. The molecular formula is C41H37NO8. The van der Waals surface area contributed by atoms with E-state index in [2.05, 4.69) is 0 Å². The minimum atomic E-state index is -1.34. The zero-order valence-corrected chi connectivity index (χ0v) is 27.5. The molecule has 0 bridgehead atoms. The Labute approximate surface area is 289 Å². The van der Waals surface area contributed by atoms with Gasteiger partial charge in [0.25, 0.3) is 0 Å². The van der Waals surface area contributed by atoms with E-state index in [1.165, 1.54) is 24.2 Å². The second-order valence-corrected chi connectivity index (χ2v) is 13.4. The fraction of sp³-hybridized carbons (Fsp3) is 0.293. The maximum absolute atomic E-state index is 15.0. The second kappa shape index (κ2) is 13.0. The van der Waals surface area contributed by atoms with Gasteiger partial charge in [0, 0.05) is 30.4 Å². The van der Waals surface area contributed by atoms with Crippen molar-refractivity contribution in [3.8, 4) is 11.5 Å². The molecule has 2 N–H and O–H groups in total. The Bertz CT molecular complexity index is 1980. The summed E-state index contributed by atoms with van der Waals surface area (Å²) in [5.74, 6) is -5.21. The van der Waals surface area contributed by atoms with Crippen molar-refractivity contribution in [3.05, 3.63) is 119 Å². The zero-order valence-electron chi connectivity index (χ0n) is 27.5. The lowest BCUT2D eigenvalue weighted by molar-refractivity contribution is -0.142. The summed E-state index contributed by atoms with van der Waals surface area (Å²) in [6, 6.07) is 23.4. The normalized spacial score (nSPS) is 27.4. The second-order valence-electron chi connectivity index (χ2n) is 13.4. The number of allylic oxidation sites excluding steroid dienone is 5. The number of aromatic hydroxyl groups is 1. The number of ether oxygens (including phenoxy) is 1. The van der Waals surface area contributed by atoms with Crippen molar-refractivity contribution >= 4 is 41.0 Å². The van der Waals surface area contributed by atoms with Crippen LogP contribution in [-0.4, -0.2) is 58.1 Å². The molecule has 1 saturated carbocycles. The van der Waals surface area contributed by atoms with E-state index in [0.29, 0.717) is 22.3 Å². The quantitative estimate of drug-likeness (QED) is 0.220. The van der Waals surface area contributed by atoms with Crippen LogP contribution in [0.15, 0.2) is 103 Å². The molecule has 3 aliphatic carbocycles. The topological polar surface area (TPSA) is 138 Å².